The molecular formula is C25H18N2O8P2. The minimum absolute atomic E-state index is 0.0143. The molecule has 0 fully saturated rings. The average Bonchev–Trinajstić information content (AvgIpc) is 2.92. The molecule has 2 aromatic carbocycles. The van der Waals surface area contributed by atoms with Crippen LogP contribution >= 0.6 is 17.2 Å². The Morgan fingerprint density at radius 1 is 0.649 bits per heavy atom. The van der Waals surface area contributed by atoms with E-state index < -0.39 is 28.8 Å². The van der Waals surface area contributed by atoms with Gasteiger partial charge in [-0.05, 0) is 24.3 Å². The highest BCUT2D eigenvalue weighted by Gasteiger charge is 2.36. The highest BCUT2D eigenvalue weighted by molar-refractivity contribution is 7.42. The van der Waals surface area contributed by atoms with E-state index in [0.29, 0.717) is 0 Å². The number of rotatable bonds is 9. The van der Waals surface area contributed by atoms with Crippen molar-refractivity contribution in [2.24, 2.45) is 0 Å². The van der Waals surface area contributed by atoms with Gasteiger partial charge in [-0.15, -0.1) is 0 Å². The van der Waals surface area contributed by atoms with Crippen LogP contribution < -0.4 is 18.1 Å². The normalized spacial score (nSPS) is 13.7. The fourth-order valence-corrected chi connectivity index (χ4v) is 4.95. The monoisotopic (exact) mass is 536 g/mol. The van der Waals surface area contributed by atoms with Crippen LogP contribution in [-0.4, -0.2) is 33.5 Å². The Labute approximate surface area is 213 Å². The van der Waals surface area contributed by atoms with Gasteiger partial charge in [-0.25, -0.2) is 9.97 Å². The van der Waals surface area contributed by atoms with Crippen LogP contribution in [0.15, 0.2) is 85.2 Å². The molecule has 0 amide bonds. The van der Waals surface area contributed by atoms with Gasteiger partial charge < -0.3 is 23.0 Å². The number of aromatic nitrogens is 2. The molecule has 2 atom stereocenters. The fourth-order valence-electron chi connectivity index (χ4n) is 3.57. The molecule has 0 saturated heterocycles. The molecule has 0 radical (unpaired) electrons. The average molecular weight is 536 g/mol. The first-order valence-corrected chi connectivity index (χ1v) is 13.0. The van der Waals surface area contributed by atoms with E-state index >= 15 is 0 Å². The van der Waals surface area contributed by atoms with Crippen LogP contribution in [0.5, 0.6) is 23.3 Å². The molecule has 1 aliphatic carbocycles. The van der Waals surface area contributed by atoms with Crippen LogP contribution in [0.1, 0.15) is 31.8 Å². The molecule has 37 heavy (non-hydrogen) atoms. The molecule has 0 bridgehead atoms. The summed E-state index contributed by atoms with van der Waals surface area (Å²) in [6, 6.07) is 19.3. The second-order valence-corrected chi connectivity index (χ2v) is 9.38. The van der Waals surface area contributed by atoms with Crippen molar-refractivity contribution in [3.63, 3.8) is 0 Å². The highest BCUT2D eigenvalue weighted by Crippen LogP contribution is 2.46. The van der Waals surface area contributed by atoms with Crippen LogP contribution in [0.2, 0.25) is 0 Å². The number of hydrogen-bond acceptors (Lipinski definition) is 10. The van der Waals surface area contributed by atoms with Gasteiger partial charge in [-0.3, -0.25) is 14.1 Å². The molecule has 2 unspecified atom stereocenters. The molecular weight excluding hydrogens is 518 g/mol. The fraction of sp³-hybridized carbons (Fsp3) is 0.0400. The number of hydrogen-bond donors (Lipinski definition) is 1. The lowest BCUT2D eigenvalue weighted by Crippen LogP contribution is -2.22. The summed E-state index contributed by atoms with van der Waals surface area (Å²) >= 11 is 0. The Kier molecular flexibility index (Phi) is 7.35. The third kappa shape index (κ3) is 5.28. The van der Waals surface area contributed by atoms with Gasteiger partial charge in [0.1, 0.15) is 11.5 Å². The number of pyridine rings is 2. The van der Waals surface area contributed by atoms with Gasteiger partial charge in [-0.1, -0.05) is 36.4 Å². The third-order valence-corrected chi connectivity index (χ3v) is 6.79. The molecule has 10 nitrogen and oxygen atoms in total. The molecule has 1 aliphatic rings. The summed E-state index contributed by atoms with van der Waals surface area (Å²) in [7, 11) is -3.11. The first kappa shape index (κ1) is 24.7. The van der Waals surface area contributed by atoms with E-state index in [-0.39, 0.29) is 45.5 Å². The Hall–Kier alpha value is -3.94. The van der Waals surface area contributed by atoms with Crippen LogP contribution in [0.3, 0.4) is 0 Å². The summed E-state index contributed by atoms with van der Waals surface area (Å²) in [5, 5.41) is 0. The zero-order chi connectivity index (χ0) is 25.8. The molecule has 0 spiro atoms. The van der Waals surface area contributed by atoms with Crippen molar-refractivity contribution in [2.45, 2.75) is 0 Å². The molecule has 4 aromatic rings. The second-order valence-electron chi connectivity index (χ2n) is 7.36. The van der Waals surface area contributed by atoms with E-state index in [2.05, 4.69) is 9.97 Å². The van der Waals surface area contributed by atoms with E-state index in [1.807, 2.05) is 0 Å². The minimum Gasteiger partial charge on any atom is -0.417 e. The number of ketones is 2. The van der Waals surface area contributed by atoms with Crippen molar-refractivity contribution >= 4 is 28.8 Å². The minimum atomic E-state index is -2.50. The van der Waals surface area contributed by atoms with Crippen LogP contribution in [0.25, 0.3) is 0 Å². The van der Waals surface area contributed by atoms with Crippen molar-refractivity contribution in [3.05, 3.63) is 107 Å². The molecule has 0 saturated carbocycles. The number of fused-ring (bicyclic) bond motifs is 2. The van der Waals surface area contributed by atoms with E-state index in [0.717, 1.165) is 0 Å². The van der Waals surface area contributed by atoms with Gasteiger partial charge in [0.2, 0.25) is 17.5 Å². The van der Waals surface area contributed by atoms with E-state index in [4.69, 9.17) is 22.6 Å². The third-order valence-electron chi connectivity index (χ3n) is 5.11. The lowest BCUT2D eigenvalue weighted by Gasteiger charge is -2.23. The van der Waals surface area contributed by atoms with Crippen LogP contribution in [0.4, 0.5) is 0 Å². The summed E-state index contributed by atoms with van der Waals surface area (Å²) in [4.78, 5) is 45.5. The van der Waals surface area contributed by atoms with Crippen LogP contribution in [0, 0.1) is 0 Å². The largest absolute Gasteiger partial charge is 0.464 e. The maximum atomic E-state index is 13.7. The Morgan fingerprint density at radius 2 is 1.22 bits per heavy atom. The summed E-state index contributed by atoms with van der Waals surface area (Å²) in [5.41, 5.74) is 0.298. The molecule has 186 valence electrons. The standard InChI is InChI=1S/C25H18N2O8P2/c1-31-37(35-21-13-3-5-15-27-21)33-19-11-7-9-17-23(19)25(29)22-16(24(17)28)8-6-10-18(22)32-36(30)34-20-12-2-4-14-26-20/h2-15,30H,1H3. The number of carbonyl (C=O) groups excluding carboxylic acids is 2. The van der Waals surface area contributed by atoms with E-state index in [9.17, 15) is 14.5 Å². The maximum Gasteiger partial charge on any atom is 0.464 e. The lowest BCUT2D eigenvalue weighted by molar-refractivity contribution is 0.0975. The lowest BCUT2D eigenvalue weighted by atomic mass is 9.83. The highest BCUT2D eigenvalue weighted by atomic mass is 31.2. The number of benzene rings is 2. The zero-order valence-electron chi connectivity index (χ0n) is 19.2. The Morgan fingerprint density at radius 3 is 1.76 bits per heavy atom. The smallest absolute Gasteiger partial charge is 0.417 e. The Balaban J connectivity index is 1.45. The molecule has 5 rings (SSSR count). The molecule has 1 N–H and O–H groups in total. The first-order valence-electron chi connectivity index (χ1n) is 10.8. The predicted octanol–water partition coefficient (Wildman–Crippen LogP) is 5.26. The molecule has 12 heteroatoms. The van der Waals surface area contributed by atoms with Gasteiger partial charge in [0.05, 0.1) is 11.1 Å². The van der Waals surface area contributed by atoms with Crippen LogP contribution in [-0.2, 0) is 4.52 Å². The van der Waals surface area contributed by atoms with Gasteiger partial charge in [0.15, 0.2) is 5.78 Å². The van der Waals surface area contributed by atoms with Gasteiger partial charge >= 0.3 is 17.2 Å². The van der Waals surface area contributed by atoms with E-state index in [1.54, 1.807) is 54.7 Å². The zero-order valence-corrected chi connectivity index (χ0v) is 21.0. The van der Waals surface area contributed by atoms with Crippen molar-refractivity contribution in [1.82, 2.24) is 9.97 Å². The summed E-state index contributed by atoms with van der Waals surface area (Å²) in [6.07, 6.45) is 3.05. The number of carbonyl (C=O) groups is 2. The van der Waals surface area contributed by atoms with Crippen molar-refractivity contribution in [2.75, 3.05) is 7.11 Å². The Bertz CT molecular complexity index is 1440. The van der Waals surface area contributed by atoms with Gasteiger partial charge in [0, 0.05) is 42.8 Å². The second kappa shape index (κ2) is 11.0. The van der Waals surface area contributed by atoms with Gasteiger partial charge in [-0.2, -0.15) is 0 Å². The van der Waals surface area contributed by atoms with Gasteiger partial charge in [0.25, 0.3) is 0 Å². The molecule has 2 heterocycles. The SMILES string of the molecule is COP(Oc1ccccn1)Oc1cccc2c1C(=O)c1c(OP(O)Oc3ccccn3)cccc1C2=O. The van der Waals surface area contributed by atoms with Crippen molar-refractivity contribution in [3.8, 4) is 23.3 Å². The molecule has 2 aromatic heterocycles. The quantitative estimate of drug-likeness (QED) is 0.249. The molecule has 0 aliphatic heterocycles. The first-order chi connectivity index (χ1) is 18.0. The maximum absolute atomic E-state index is 13.7. The predicted molar refractivity (Wildman–Crippen MR) is 134 cm³/mol. The van der Waals surface area contributed by atoms with Crippen molar-refractivity contribution < 1.29 is 37.1 Å². The summed E-state index contributed by atoms with van der Waals surface area (Å²) < 4.78 is 27.7. The number of nitrogens with zero attached hydrogens (tertiary/aromatic N) is 2. The summed E-state index contributed by atoms with van der Waals surface area (Å²) in [5.74, 6) is -0.435. The van der Waals surface area contributed by atoms with Crippen molar-refractivity contribution in [1.29, 1.82) is 0 Å². The summed E-state index contributed by atoms with van der Waals surface area (Å²) in [6.45, 7) is 0. The van der Waals surface area contributed by atoms with E-state index in [1.165, 1.54) is 37.6 Å². The topological polar surface area (TPSA) is 126 Å².